The molecule has 0 saturated carbocycles. The number of nitrogens with zero attached hydrogens (tertiary/aromatic N) is 1. The average Bonchev–Trinajstić information content (AvgIpc) is 2.86. The van der Waals surface area contributed by atoms with Gasteiger partial charge in [-0.25, -0.2) is 0 Å². The SMILES string of the molecule is CC(Cc1ccc(Cl)cc1)N(C)C(=O)c1cc(Br)c[nH]1. The first kappa shape index (κ1) is 15.1. The summed E-state index contributed by atoms with van der Waals surface area (Å²) in [6, 6.07) is 9.60. The van der Waals surface area contributed by atoms with Crippen molar-refractivity contribution in [1.29, 1.82) is 0 Å². The minimum Gasteiger partial charge on any atom is -0.356 e. The van der Waals surface area contributed by atoms with Crippen LogP contribution in [0.25, 0.3) is 0 Å². The molecule has 0 bridgehead atoms. The first-order valence-electron chi connectivity index (χ1n) is 6.33. The van der Waals surface area contributed by atoms with Crippen LogP contribution in [-0.2, 0) is 6.42 Å². The highest BCUT2D eigenvalue weighted by Crippen LogP contribution is 2.16. The van der Waals surface area contributed by atoms with Crippen molar-refractivity contribution in [2.45, 2.75) is 19.4 Å². The number of halogens is 2. The third kappa shape index (κ3) is 3.64. The average molecular weight is 356 g/mol. The van der Waals surface area contributed by atoms with Crippen LogP contribution >= 0.6 is 27.5 Å². The maximum atomic E-state index is 12.3. The van der Waals surface area contributed by atoms with E-state index in [1.807, 2.05) is 38.2 Å². The number of benzene rings is 1. The van der Waals surface area contributed by atoms with Crippen LogP contribution < -0.4 is 0 Å². The molecule has 0 radical (unpaired) electrons. The van der Waals surface area contributed by atoms with Gasteiger partial charge in [-0.15, -0.1) is 0 Å². The molecule has 0 aliphatic heterocycles. The van der Waals surface area contributed by atoms with E-state index in [1.165, 1.54) is 0 Å². The second kappa shape index (κ2) is 6.46. The van der Waals surface area contributed by atoms with Crippen LogP contribution in [0.15, 0.2) is 41.0 Å². The maximum Gasteiger partial charge on any atom is 0.270 e. The summed E-state index contributed by atoms with van der Waals surface area (Å²) in [6.07, 6.45) is 2.55. The molecule has 2 rings (SSSR count). The van der Waals surface area contributed by atoms with Crippen molar-refractivity contribution < 1.29 is 4.79 Å². The Bertz CT molecular complexity index is 594. The Morgan fingerprint density at radius 3 is 2.60 bits per heavy atom. The fourth-order valence-electron chi connectivity index (χ4n) is 1.98. The molecule has 1 heterocycles. The molecule has 1 atom stereocenters. The molecular formula is C15H16BrClN2O. The van der Waals surface area contributed by atoms with Gasteiger partial charge in [0.25, 0.3) is 5.91 Å². The first-order valence-corrected chi connectivity index (χ1v) is 7.50. The Kier molecular flexibility index (Phi) is 4.89. The van der Waals surface area contributed by atoms with Gasteiger partial charge in [0.2, 0.25) is 0 Å². The van der Waals surface area contributed by atoms with Crippen LogP contribution in [-0.4, -0.2) is 28.9 Å². The lowest BCUT2D eigenvalue weighted by Crippen LogP contribution is -2.36. The van der Waals surface area contributed by atoms with Crippen LogP contribution in [0.3, 0.4) is 0 Å². The van der Waals surface area contributed by atoms with E-state index in [4.69, 9.17) is 11.6 Å². The van der Waals surface area contributed by atoms with Gasteiger partial charge in [0.1, 0.15) is 5.69 Å². The van der Waals surface area contributed by atoms with Gasteiger partial charge in [0.15, 0.2) is 0 Å². The number of aromatic nitrogens is 1. The van der Waals surface area contributed by atoms with Crippen molar-refractivity contribution in [2.24, 2.45) is 0 Å². The summed E-state index contributed by atoms with van der Waals surface area (Å²) in [5.74, 6) is -0.0165. The topological polar surface area (TPSA) is 36.1 Å². The second-order valence-corrected chi connectivity index (χ2v) is 6.18. The quantitative estimate of drug-likeness (QED) is 0.879. The third-order valence-corrected chi connectivity index (χ3v) is 4.01. The number of aromatic amines is 1. The second-order valence-electron chi connectivity index (χ2n) is 4.83. The smallest absolute Gasteiger partial charge is 0.270 e. The number of H-pyrrole nitrogens is 1. The fraction of sp³-hybridized carbons (Fsp3) is 0.267. The van der Waals surface area contributed by atoms with Gasteiger partial charge in [0.05, 0.1) is 0 Å². The largest absolute Gasteiger partial charge is 0.356 e. The van der Waals surface area contributed by atoms with Gasteiger partial charge in [-0.3, -0.25) is 4.79 Å². The molecule has 20 heavy (non-hydrogen) atoms. The highest BCUT2D eigenvalue weighted by Gasteiger charge is 2.19. The molecule has 1 N–H and O–H groups in total. The van der Waals surface area contributed by atoms with Crippen LogP contribution in [0.5, 0.6) is 0 Å². The number of carbonyl (C=O) groups excluding carboxylic acids is 1. The highest BCUT2D eigenvalue weighted by atomic mass is 79.9. The lowest BCUT2D eigenvalue weighted by atomic mass is 10.1. The van der Waals surface area contributed by atoms with Crippen LogP contribution in [0, 0.1) is 0 Å². The molecule has 3 nitrogen and oxygen atoms in total. The van der Waals surface area contributed by atoms with Crippen molar-refractivity contribution in [3.63, 3.8) is 0 Å². The summed E-state index contributed by atoms with van der Waals surface area (Å²) in [5, 5.41) is 0.724. The summed E-state index contributed by atoms with van der Waals surface area (Å²) in [7, 11) is 1.82. The lowest BCUT2D eigenvalue weighted by molar-refractivity contribution is 0.0738. The predicted molar refractivity (Wildman–Crippen MR) is 85.2 cm³/mol. The van der Waals surface area contributed by atoms with Gasteiger partial charge < -0.3 is 9.88 Å². The monoisotopic (exact) mass is 354 g/mol. The zero-order valence-corrected chi connectivity index (χ0v) is 13.7. The van der Waals surface area contributed by atoms with E-state index in [2.05, 4.69) is 20.9 Å². The Labute approximate surface area is 132 Å². The number of nitrogens with one attached hydrogen (secondary N) is 1. The van der Waals surface area contributed by atoms with E-state index in [-0.39, 0.29) is 11.9 Å². The first-order chi connectivity index (χ1) is 9.47. The van der Waals surface area contributed by atoms with Crippen molar-refractivity contribution in [3.05, 3.63) is 57.3 Å². The molecule has 0 aliphatic carbocycles. The van der Waals surface area contributed by atoms with Crippen molar-refractivity contribution in [3.8, 4) is 0 Å². The van der Waals surface area contributed by atoms with Crippen LogP contribution in [0.1, 0.15) is 23.0 Å². The zero-order chi connectivity index (χ0) is 14.7. The molecule has 0 saturated heterocycles. The normalized spacial score (nSPS) is 12.2. The molecule has 5 heteroatoms. The summed E-state index contributed by atoms with van der Waals surface area (Å²) in [6.45, 7) is 2.03. The van der Waals surface area contributed by atoms with E-state index in [0.717, 1.165) is 21.5 Å². The summed E-state index contributed by atoms with van der Waals surface area (Å²) < 4.78 is 0.875. The van der Waals surface area contributed by atoms with E-state index in [1.54, 1.807) is 17.2 Å². The Balaban J connectivity index is 2.03. The maximum absolute atomic E-state index is 12.3. The van der Waals surface area contributed by atoms with E-state index < -0.39 is 0 Å². The van der Waals surface area contributed by atoms with Gasteiger partial charge in [-0.2, -0.15) is 0 Å². The number of hydrogen-bond acceptors (Lipinski definition) is 1. The standard InChI is InChI=1S/C15H16BrClN2O/c1-10(7-11-3-5-13(17)6-4-11)19(2)15(20)14-8-12(16)9-18-14/h3-6,8-10,18H,7H2,1-2H3. The van der Waals surface area contributed by atoms with Gasteiger partial charge in [0, 0.05) is 28.8 Å². The summed E-state index contributed by atoms with van der Waals surface area (Å²) in [4.78, 5) is 17.0. The Morgan fingerprint density at radius 1 is 1.40 bits per heavy atom. The van der Waals surface area contributed by atoms with E-state index in [0.29, 0.717) is 5.69 Å². The third-order valence-electron chi connectivity index (χ3n) is 3.30. The number of likely N-dealkylation sites (N-methyl/N-ethyl adjacent to an activating group) is 1. The summed E-state index contributed by atoms with van der Waals surface area (Å²) >= 11 is 9.20. The molecule has 1 aromatic heterocycles. The molecule has 106 valence electrons. The number of hydrogen-bond donors (Lipinski definition) is 1. The van der Waals surface area contributed by atoms with Gasteiger partial charge in [-0.1, -0.05) is 23.7 Å². The number of carbonyl (C=O) groups is 1. The molecule has 1 aromatic carbocycles. The number of amides is 1. The molecule has 1 amide bonds. The lowest BCUT2D eigenvalue weighted by Gasteiger charge is -2.24. The molecule has 2 aromatic rings. The fourth-order valence-corrected chi connectivity index (χ4v) is 2.45. The van der Waals surface area contributed by atoms with E-state index in [9.17, 15) is 4.79 Å². The minimum absolute atomic E-state index is 0.0165. The minimum atomic E-state index is -0.0165. The van der Waals surface area contributed by atoms with Crippen molar-refractivity contribution >= 4 is 33.4 Å². The Morgan fingerprint density at radius 2 is 2.05 bits per heavy atom. The van der Waals surface area contributed by atoms with Crippen LogP contribution in [0.2, 0.25) is 5.02 Å². The number of rotatable bonds is 4. The zero-order valence-electron chi connectivity index (χ0n) is 11.4. The van der Waals surface area contributed by atoms with Crippen molar-refractivity contribution in [1.82, 2.24) is 9.88 Å². The van der Waals surface area contributed by atoms with Gasteiger partial charge >= 0.3 is 0 Å². The summed E-state index contributed by atoms with van der Waals surface area (Å²) in [5.41, 5.74) is 1.75. The molecule has 0 aliphatic rings. The van der Waals surface area contributed by atoms with Gasteiger partial charge in [-0.05, 0) is 53.0 Å². The molecule has 0 fully saturated rings. The molecular weight excluding hydrogens is 340 g/mol. The van der Waals surface area contributed by atoms with Crippen molar-refractivity contribution in [2.75, 3.05) is 7.05 Å². The van der Waals surface area contributed by atoms with E-state index >= 15 is 0 Å². The highest BCUT2D eigenvalue weighted by molar-refractivity contribution is 9.10. The predicted octanol–water partition coefficient (Wildman–Crippen LogP) is 4.13. The Hall–Kier alpha value is -1.26. The molecule has 1 unspecified atom stereocenters. The molecule has 0 spiro atoms. The van der Waals surface area contributed by atoms with Crippen LogP contribution in [0.4, 0.5) is 0 Å².